The third kappa shape index (κ3) is 6.45. The Bertz CT molecular complexity index is 464. The zero-order valence-electron chi connectivity index (χ0n) is 14.9. The molecule has 2 N–H and O–H groups in total. The van der Waals surface area contributed by atoms with E-state index in [2.05, 4.69) is 24.9 Å². The summed E-state index contributed by atoms with van der Waals surface area (Å²) >= 11 is 0. The van der Waals surface area contributed by atoms with Gasteiger partial charge in [0.2, 0.25) is 5.91 Å². The normalized spacial score (nSPS) is 24.0. The molecule has 1 fully saturated rings. The number of rotatable bonds is 10. The Morgan fingerprint density at radius 2 is 2.21 bits per heavy atom. The van der Waals surface area contributed by atoms with Crippen molar-refractivity contribution < 1.29 is 19.4 Å². The summed E-state index contributed by atoms with van der Waals surface area (Å²) < 4.78 is 5.93. The molecule has 1 saturated heterocycles. The van der Waals surface area contributed by atoms with Crippen LogP contribution in [0.3, 0.4) is 0 Å². The largest absolute Gasteiger partial charge is 0.480 e. The average Bonchev–Trinajstić information content (AvgIpc) is 2.89. The van der Waals surface area contributed by atoms with E-state index in [0.29, 0.717) is 19.5 Å². The van der Waals surface area contributed by atoms with Crippen LogP contribution in [-0.2, 0) is 14.3 Å². The lowest BCUT2D eigenvalue weighted by Crippen LogP contribution is -2.44. The average molecular weight is 338 g/mol. The highest BCUT2D eigenvalue weighted by atomic mass is 16.5. The van der Waals surface area contributed by atoms with Crippen molar-refractivity contribution in [2.45, 2.75) is 58.4 Å². The molecule has 0 saturated carbocycles. The first-order valence-electron chi connectivity index (χ1n) is 8.56. The Balaban J connectivity index is 2.75. The lowest BCUT2D eigenvalue weighted by atomic mass is 10.1. The molecule has 4 unspecified atom stereocenters. The quantitative estimate of drug-likeness (QED) is 0.471. The molecule has 1 rings (SSSR count). The van der Waals surface area contributed by atoms with Gasteiger partial charge in [0.1, 0.15) is 12.3 Å². The summed E-state index contributed by atoms with van der Waals surface area (Å²) in [6, 6.07) is -0.489. The van der Waals surface area contributed by atoms with E-state index in [1.165, 1.54) is 6.92 Å². The summed E-state index contributed by atoms with van der Waals surface area (Å²) in [5.74, 6) is -0.726. The molecule has 0 aromatic heterocycles. The molecule has 0 aliphatic carbocycles. The molecule has 1 heterocycles. The lowest BCUT2D eigenvalue weighted by molar-refractivity contribution is -0.143. The van der Waals surface area contributed by atoms with Crippen molar-refractivity contribution in [2.24, 2.45) is 5.92 Å². The maximum Gasteiger partial charge on any atom is 0.320 e. The van der Waals surface area contributed by atoms with Crippen LogP contribution in [0, 0.1) is 5.92 Å². The van der Waals surface area contributed by atoms with Gasteiger partial charge < -0.3 is 15.2 Å². The van der Waals surface area contributed by atoms with Crippen molar-refractivity contribution in [3.63, 3.8) is 0 Å². The van der Waals surface area contributed by atoms with E-state index in [1.807, 2.05) is 17.9 Å². The molecule has 0 radical (unpaired) electrons. The minimum absolute atomic E-state index is 0.156. The van der Waals surface area contributed by atoms with Crippen molar-refractivity contribution in [1.29, 1.82) is 0 Å². The number of ether oxygens (including phenoxy) is 1. The number of hydrogen-bond donors (Lipinski definition) is 2. The summed E-state index contributed by atoms with van der Waals surface area (Å²) in [6.07, 6.45) is 7.19. The molecule has 0 aromatic rings. The van der Waals surface area contributed by atoms with Crippen LogP contribution in [0.1, 0.15) is 40.0 Å². The van der Waals surface area contributed by atoms with Gasteiger partial charge in [0.25, 0.3) is 0 Å². The molecule has 0 spiro atoms. The van der Waals surface area contributed by atoms with E-state index in [0.717, 1.165) is 12.8 Å². The van der Waals surface area contributed by atoms with E-state index in [9.17, 15) is 14.7 Å². The van der Waals surface area contributed by atoms with E-state index in [-0.39, 0.29) is 17.9 Å². The summed E-state index contributed by atoms with van der Waals surface area (Å²) in [7, 11) is 0. The van der Waals surface area contributed by atoms with Gasteiger partial charge in [-0.25, -0.2) is 0 Å². The molecule has 1 aliphatic rings. The standard InChI is InChI=1S/C18H30N2O4/c1-5-8-14-10-16(18(22)23)20(11-14)12-15(9-6-2)24-17(7-3)19-13(4)21/h5,7-8,14-17H,3,6,9-12H2,1-2,4H3,(H,19,21)(H,22,23)/b8-5-. The molecule has 1 aliphatic heterocycles. The highest BCUT2D eigenvalue weighted by Gasteiger charge is 2.36. The Labute approximate surface area is 144 Å². The number of allylic oxidation sites excluding steroid dienone is 1. The van der Waals surface area contributed by atoms with Crippen LogP contribution in [0.2, 0.25) is 0 Å². The van der Waals surface area contributed by atoms with Crippen molar-refractivity contribution in [3.8, 4) is 0 Å². The number of amides is 1. The molecule has 6 heteroatoms. The van der Waals surface area contributed by atoms with Gasteiger partial charge in [0.15, 0.2) is 0 Å². The number of carbonyl (C=O) groups excluding carboxylic acids is 1. The van der Waals surface area contributed by atoms with Gasteiger partial charge in [-0.15, -0.1) is 0 Å². The third-order valence-electron chi connectivity index (χ3n) is 4.13. The van der Waals surface area contributed by atoms with Gasteiger partial charge >= 0.3 is 5.97 Å². The van der Waals surface area contributed by atoms with Crippen LogP contribution in [0.4, 0.5) is 0 Å². The second-order valence-electron chi connectivity index (χ2n) is 6.23. The Morgan fingerprint density at radius 3 is 2.71 bits per heavy atom. The van der Waals surface area contributed by atoms with Crippen molar-refractivity contribution >= 4 is 11.9 Å². The molecule has 0 bridgehead atoms. The first-order valence-corrected chi connectivity index (χ1v) is 8.56. The van der Waals surface area contributed by atoms with Crippen molar-refractivity contribution in [2.75, 3.05) is 13.1 Å². The van der Waals surface area contributed by atoms with Gasteiger partial charge in [0.05, 0.1) is 6.10 Å². The fourth-order valence-electron chi connectivity index (χ4n) is 3.15. The van der Waals surface area contributed by atoms with Gasteiger partial charge in [-0.1, -0.05) is 32.1 Å². The fourth-order valence-corrected chi connectivity index (χ4v) is 3.15. The molecule has 6 nitrogen and oxygen atoms in total. The Kier molecular flexibility index (Phi) is 8.71. The highest BCUT2D eigenvalue weighted by molar-refractivity contribution is 5.74. The molecule has 136 valence electrons. The molecular weight excluding hydrogens is 308 g/mol. The maximum atomic E-state index is 11.5. The second-order valence-corrected chi connectivity index (χ2v) is 6.23. The van der Waals surface area contributed by atoms with Crippen LogP contribution in [0.5, 0.6) is 0 Å². The maximum absolute atomic E-state index is 11.5. The van der Waals surface area contributed by atoms with Gasteiger partial charge in [-0.2, -0.15) is 0 Å². The summed E-state index contributed by atoms with van der Waals surface area (Å²) in [6.45, 7) is 10.4. The van der Waals surface area contributed by atoms with E-state index in [4.69, 9.17) is 4.74 Å². The number of hydrogen-bond acceptors (Lipinski definition) is 4. The first kappa shape index (κ1) is 20.4. The smallest absolute Gasteiger partial charge is 0.320 e. The highest BCUT2D eigenvalue weighted by Crippen LogP contribution is 2.26. The number of aliphatic carboxylic acids is 1. The fraction of sp³-hybridized carbons (Fsp3) is 0.667. The second kappa shape index (κ2) is 10.3. The minimum Gasteiger partial charge on any atom is -0.480 e. The van der Waals surface area contributed by atoms with E-state index >= 15 is 0 Å². The lowest BCUT2D eigenvalue weighted by Gasteiger charge is -2.29. The van der Waals surface area contributed by atoms with Crippen LogP contribution >= 0.6 is 0 Å². The number of carbonyl (C=O) groups is 2. The van der Waals surface area contributed by atoms with Gasteiger partial charge in [0, 0.05) is 20.0 Å². The predicted molar refractivity (Wildman–Crippen MR) is 93.5 cm³/mol. The van der Waals surface area contributed by atoms with Crippen LogP contribution in [0.15, 0.2) is 24.8 Å². The monoisotopic (exact) mass is 338 g/mol. The number of carboxylic acids is 1. The van der Waals surface area contributed by atoms with Gasteiger partial charge in [-0.05, 0) is 31.8 Å². The molecule has 4 atom stereocenters. The van der Waals surface area contributed by atoms with E-state index in [1.54, 1.807) is 6.08 Å². The number of likely N-dealkylation sites (tertiary alicyclic amines) is 1. The first-order chi connectivity index (χ1) is 11.4. The summed E-state index contributed by atoms with van der Waals surface area (Å²) in [5.41, 5.74) is 0. The molecular formula is C18H30N2O4. The SMILES string of the molecule is C=CC(NC(C)=O)OC(CCC)CN1CC(/C=C\C)CC1C(=O)O. The zero-order valence-corrected chi connectivity index (χ0v) is 14.9. The topological polar surface area (TPSA) is 78.9 Å². The molecule has 24 heavy (non-hydrogen) atoms. The molecule has 0 aromatic carbocycles. The number of nitrogens with one attached hydrogen (secondary N) is 1. The van der Waals surface area contributed by atoms with E-state index < -0.39 is 18.2 Å². The van der Waals surface area contributed by atoms with Gasteiger partial charge in [-0.3, -0.25) is 14.5 Å². The minimum atomic E-state index is -0.792. The Morgan fingerprint density at radius 1 is 1.50 bits per heavy atom. The number of carboxylic acid groups (broad SMARTS) is 1. The molecule has 1 amide bonds. The summed E-state index contributed by atoms with van der Waals surface area (Å²) in [5, 5.41) is 12.2. The summed E-state index contributed by atoms with van der Waals surface area (Å²) in [4.78, 5) is 24.7. The Hall–Kier alpha value is -1.66. The van der Waals surface area contributed by atoms with Crippen LogP contribution in [-0.4, -0.2) is 53.3 Å². The predicted octanol–water partition coefficient (Wildman–Crippen LogP) is 2.17. The van der Waals surface area contributed by atoms with Crippen LogP contribution < -0.4 is 5.32 Å². The third-order valence-corrected chi connectivity index (χ3v) is 4.13. The number of nitrogens with zero attached hydrogens (tertiary/aromatic N) is 1. The van der Waals surface area contributed by atoms with Crippen LogP contribution in [0.25, 0.3) is 0 Å². The van der Waals surface area contributed by atoms with Crippen molar-refractivity contribution in [1.82, 2.24) is 10.2 Å². The van der Waals surface area contributed by atoms with Crippen molar-refractivity contribution in [3.05, 3.63) is 24.8 Å². The zero-order chi connectivity index (χ0) is 18.1.